The zero-order valence-corrected chi connectivity index (χ0v) is 18.6. The molecule has 2 heteroatoms. The van der Waals surface area contributed by atoms with Crippen LogP contribution in [0.2, 0.25) is 34.5 Å². The molecule has 0 aliphatic heterocycles. The van der Waals surface area contributed by atoms with Gasteiger partial charge in [0.1, 0.15) is 0 Å². The van der Waals surface area contributed by atoms with Gasteiger partial charge in [-0.1, -0.05) is 0 Å². The Labute approximate surface area is 141 Å². The molecule has 0 aliphatic carbocycles. The van der Waals surface area contributed by atoms with Crippen LogP contribution in [0, 0.1) is 0 Å². The predicted octanol–water partition coefficient (Wildman–Crippen LogP) is 6.35. The molecule has 0 fully saturated rings. The molecule has 0 amide bonds. The van der Waals surface area contributed by atoms with Gasteiger partial charge >= 0.3 is 141 Å². The van der Waals surface area contributed by atoms with Crippen molar-refractivity contribution in [3.05, 3.63) is 71.8 Å². The van der Waals surface area contributed by atoms with Crippen LogP contribution in [0.5, 0.6) is 0 Å². The van der Waals surface area contributed by atoms with Crippen molar-refractivity contribution in [2.45, 2.75) is 34.5 Å². The first-order valence-corrected chi connectivity index (χ1v) is 21.6. The molecule has 2 aromatic carbocycles. The van der Waals surface area contributed by atoms with E-state index in [1.54, 1.807) is 8.79 Å². The molecule has 0 saturated heterocycles. The molecule has 0 saturated carbocycles. The third-order valence-corrected chi connectivity index (χ3v) is 12.4. The Balaban J connectivity index is 2.84. The van der Waals surface area contributed by atoms with Crippen molar-refractivity contribution >= 4 is 35.2 Å². The van der Waals surface area contributed by atoms with E-state index in [0.717, 1.165) is 0 Å². The summed E-state index contributed by atoms with van der Waals surface area (Å²) in [4.78, 5) is 7.63. The molecule has 0 nitrogen and oxygen atoms in total. The van der Waals surface area contributed by atoms with Gasteiger partial charge in [0.2, 0.25) is 0 Å². The Morgan fingerprint density at radius 2 is 1.09 bits per heavy atom. The molecule has 0 radical (unpaired) electrons. The van der Waals surface area contributed by atoms with E-state index in [2.05, 4.69) is 95.1 Å². The minimum atomic E-state index is -2.28. The second-order valence-corrected chi connectivity index (χ2v) is 27.3. The second kappa shape index (κ2) is 6.75. The van der Waals surface area contributed by atoms with Gasteiger partial charge in [-0.3, -0.25) is 0 Å². The number of hydrogen-bond donors (Lipinski definition) is 0. The van der Waals surface area contributed by atoms with E-state index in [1.165, 1.54) is 11.1 Å². The molecule has 0 aliphatic rings. The van der Waals surface area contributed by atoms with Crippen LogP contribution in [0.4, 0.5) is 0 Å². The molecule has 0 spiro atoms. The van der Waals surface area contributed by atoms with Crippen molar-refractivity contribution in [1.29, 1.82) is 0 Å². The molecule has 0 aromatic heterocycles. The number of benzene rings is 2. The van der Waals surface area contributed by atoms with Crippen molar-refractivity contribution in [2.24, 2.45) is 0 Å². The normalized spacial score (nSPS) is 13.7. The molecule has 0 atom stereocenters. The number of rotatable bonds is 4. The molecule has 22 heavy (non-hydrogen) atoms. The zero-order valence-electron chi connectivity index (χ0n) is 14.8. The summed E-state index contributed by atoms with van der Waals surface area (Å²) in [5, 5.41) is 1.67. The first kappa shape index (κ1) is 17.5. The van der Waals surface area contributed by atoms with Crippen LogP contribution in [-0.2, 0) is 0 Å². The Hall–Kier alpha value is -0.804. The average molecular weight is 415 g/mol. The van der Waals surface area contributed by atoms with Crippen LogP contribution in [0.1, 0.15) is 11.1 Å². The summed E-state index contributed by atoms with van der Waals surface area (Å²) in [7, 11) is -1.45. The topological polar surface area (TPSA) is 0 Å². The molecule has 0 unspecified atom stereocenters. The second-order valence-electron chi connectivity index (χ2n) is 7.98. The van der Waals surface area contributed by atoms with E-state index in [4.69, 9.17) is 0 Å². The van der Waals surface area contributed by atoms with Gasteiger partial charge in [0.25, 0.3) is 0 Å². The zero-order chi connectivity index (χ0) is 16.4. The van der Waals surface area contributed by atoms with E-state index in [1.807, 2.05) is 0 Å². The first-order valence-electron chi connectivity index (χ1n) is 8.07. The van der Waals surface area contributed by atoms with E-state index in [0.29, 0.717) is 0 Å². The fourth-order valence-electron chi connectivity index (χ4n) is 3.11. The quantitative estimate of drug-likeness (QED) is 0.403. The SMILES string of the molecule is C[Si](C)(C)/C(=[C](\c1ccccc1)[Sn]([CH3])([CH3])[CH3])c1ccccc1. The molecule has 2 rings (SSSR count). The van der Waals surface area contributed by atoms with E-state index in [-0.39, 0.29) is 0 Å². The molecule has 116 valence electrons. The third kappa shape index (κ3) is 4.14. The van der Waals surface area contributed by atoms with Crippen LogP contribution in [0.15, 0.2) is 60.7 Å². The Bertz CT molecular complexity index is 584. The Morgan fingerprint density at radius 3 is 1.45 bits per heavy atom. The summed E-state index contributed by atoms with van der Waals surface area (Å²) >= 11 is -2.28. The minimum absolute atomic E-state index is 1.44. The third-order valence-electron chi connectivity index (χ3n) is 3.87. The van der Waals surface area contributed by atoms with E-state index in [9.17, 15) is 0 Å². The summed E-state index contributed by atoms with van der Waals surface area (Å²) in [6, 6.07) is 22.2. The van der Waals surface area contributed by atoms with Crippen molar-refractivity contribution in [1.82, 2.24) is 0 Å². The van der Waals surface area contributed by atoms with Crippen molar-refractivity contribution in [3.8, 4) is 0 Å². The van der Waals surface area contributed by atoms with Gasteiger partial charge in [-0.05, 0) is 0 Å². The van der Waals surface area contributed by atoms with Crippen LogP contribution in [0.3, 0.4) is 0 Å². The molecular weight excluding hydrogens is 387 g/mol. The van der Waals surface area contributed by atoms with Crippen LogP contribution >= 0.6 is 0 Å². The van der Waals surface area contributed by atoms with Crippen molar-refractivity contribution in [2.75, 3.05) is 0 Å². The van der Waals surface area contributed by atoms with Crippen LogP contribution in [-0.4, -0.2) is 26.5 Å². The Morgan fingerprint density at radius 1 is 0.682 bits per heavy atom. The first-order chi connectivity index (χ1) is 10.2. The Kier molecular flexibility index (Phi) is 5.39. The maximum atomic E-state index is 2.54. The molecular formula is C20H28SiSn. The standard InChI is InChI=1S/C17H19Si.3CH3.Sn/c1-18(2,3)17(16-12-8-5-9-13-16)14-15-10-6-4-7-11-15;;;;/h4-13H,1-3H3;3*1H3;. The van der Waals surface area contributed by atoms with Crippen molar-refractivity contribution < 1.29 is 0 Å². The van der Waals surface area contributed by atoms with Gasteiger partial charge < -0.3 is 0 Å². The van der Waals surface area contributed by atoms with Gasteiger partial charge in [0.05, 0.1) is 0 Å². The van der Waals surface area contributed by atoms with Crippen LogP contribution in [0.25, 0.3) is 8.79 Å². The van der Waals surface area contributed by atoms with Gasteiger partial charge in [-0.25, -0.2) is 0 Å². The van der Waals surface area contributed by atoms with Crippen molar-refractivity contribution in [3.63, 3.8) is 0 Å². The average Bonchev–Trinajstić information content (AvgIpc) is 2.44. The fraction of sp³-hybridized carbons (Fsp3) is 0.300. The van der Waals surface area contributed by atoms with E-state index >= 15 is 0 Å². The van der Waals surface area contributed by atoms with Crippen LogP contribution < -0.4 is 0 Å². The summed E-state index contributed by atoms with van der Waals surface area (Å²) in [5.41, 5.74) is 2.89. The fourth-order valence-corrected chi connectivity index (χ4v) is 16.3. The molecule has 0 N–H and O–H groups in total. The van der Waals surface area contributed by atoms with E-state index < -0.39 is 26.5 Å². The summed E-state index contributed by atoms with van der Waals surface area (Å²) in [5.74, 6) is 0. The molecule has 0 bridgehead atoms. The molecule has 2 aromatic rings. The summed E-state index contributed by atoms with van der Waals surface area (Å²) in [6.07, 6.45) is 0. The summed E-state index contributed by atoms with van der Waals surface area (Å²) < 4.78 is 1.71. The van der Waals surface area contributed by atoms with Gasteiger partial charge in [-0.15, -0.1) is 0 Å². The van der Waals surface area contributed by atoms with Gasteiger partial charge in [0.15, 0.2) is 0 Å². The predicted molar refractivity (Wildman–Crippen MR) is 106 cm³/mol. The summed E-state index contributed by atoms with van der Waals surface area (Å²) in [6.45, 7) is 7.45. The maximum absolute atomic E-state index is 2.54. The monoisotopic (exact) mass is 416 g/mol. The van der Waals surface area contributed by atoms with Gasteiger partial charge in [-0.2, -0.15) is 0 Å². The number of hydrogen-bond acceptors (Lipinski definition) is 0. The molecule has 0 heterocycles. The van der Waals surface area contributed by atoms with Gasteiger partial charge in [0, 0.05) is 0 Å².